The van der Waals surface area contributed by atoms with Crippen molar-refractivity contribution in [2.24, 2.45) is 0 Å². The Bertz CT molecular complexity index is 708. The molecule has 2 rings (SSSR count). The average Bonchev–Trinajstić information content (AvgIpc) is 2.42. The summed E-state index contributed by atoms with van der Waals surface area (Å²) in [4.78, 5) is 0.366. The first kappa shape index (κ1) is 14.6. The lowest BCUT2D eigenvalue weighted by molar-refractivity contribution is 0.591. The van der Waals surface area contributed by atoms with Gasteiger partial charge in [-0.2, -0.15) is 0 Å². The molecule has 0 saturated carbocycles. The Kier molecular flexibility index (Phi) is 4.14. The molecule has 0 radical (unpaired) electrons. The molecular formula is C16H19NO2S. The van der Waals surface area contributed by atoms with E-state index >= 15 is 0 Å². The van der Waals surface area contributed by atoms with E-state index < -0.39 is 10.0 Å². The maximum atomic E-state index is 12.9. The molecule has 0 bridgehead atoms. The first-order valence-electron chi connectivity index (χ1n) is 6.62. The molecule has 0 aliphatic rings. The van der Waals surface area contributed by atoms with E-state index in [-0.39, 0.29) is 0 Å². The Morgan fingerprint density at radius 3 is 2.00 bits per heavy atom. The third-order valence-corrected chi connectivity index (χ3v) is 5.38. The van der Waals surface area contributed by atoms with E-state index in [4.69, 9.17) is 0 Å². The molecule has 2 aromatic rings. The molecule has 20 heavy (non-hydrogen) atoms. The second-order valence-corrected chi connectivity index (χ2v) is 6.55. The minimum atomic E-state index is -3.52. The second-order valence-electron chi connectivity index (χ2n) is 4.72. The number of benzene rings is 2. The van der Waals surface area contributed by atoms with Crippen molar-refractivity contribution in [2.75, 3.05) is 10.8 Å². The number of aryl methyl sites for hydroxylation is 2. The standard InChI is InChI=1S/C16H19NO2S/c1-4-17(15-11-7-5-9-13(15)2)20(18,19)16-12-8-6-10-14(16)3/h5-12H,4H2,1-3H3. The van der Waals surface area contributed by atoms with Gasteiger partial charge in [0.2, 0.25) is 0 Å². The smallest absolute Gasteiger partial charge is 0.264 e. The number of nitrogens with zero attached hydrogens (tertiary/aromatic N) is 1. The lowest BCUT2D eigenvalue weighted by Gasteiger charge is -2.25. The summed E-state index contributed by atoms with van der Waals surface area (Å²) in [5, 5.41) is 0. The molecule has 0 aromatic heterocycles. The predicted molar refractivity (Wildman–Crippen MR) is 82.6 cm³/mol. The molecule has 0 aliphatic carbocycles. The van der Waals surface area contributed by atoms with Crippen LogP contribution in [0.3, 0.4) is 0 Å². The van der Waals surface area contributed by atoms with Gasteiger partial charge in [0.1, 0.15) is 0 Å². The number of anilines is 1. The van der Waals surface area contributed by atoms with Crippen molar-refractivity contribution >= 4 is 15.7 Å². The summed E-state index contributed by atoms with van der Waals surface area (Å²) in [6.07, 6.45) is 0. The molecule has 0 N–H and O–H groups in total. The van der Waals surface area contributed by atoms with E-state index in [2.05, 4.69) is 0 Å². The van der Waals surface area contributed by atoms with Gasteiger partial charge >= 0.3 is 0 Å². The number of sulfonamides is 1. The van der Waals surface area contributed by atoms with Gasteiger partial charge in [0.25, 0.3) is 10.0 Å². The zero-order chi connectivity index (χ0) is 14.8. The van der Waals surface area contributed by atoms with Gasteiger partial charge in [0, 0.05) is 6.54 Å². The van der Waals surface area contributed by atoms with Gasteiger partial charge in [-0.1, -0.05) is 36.4 Å². The van der Waals surface area contributed by atoms with Crippen molar-refractivity contribution in [3.8, 4) is 0 Å². The van der Waals surface area contributed by atoms with Crippen LogP contribution in [0.4, 0.5) is 5.69 Å². The van der Waals surface area contributed by atoms with Crippen LogP contribution in [0.2, 0.25) is 0 Å². The molecule has 4 heteroatoms. The SMILES string of the molecule is CCN(c1ccccc1C)S(=O)(=O)c1ccccc1C. The van der Waals surface area contributed by atoms with Crippen molar-refractivity contribution in [3.63, 3.8) is 0 Å². The summed E-state index contributed by atoms with van der Waals surface area (Å²) in [5.41, 5.74) is 2.45. The number of rotatable bonds is 4. The summed E-state index contributed by atoms with van der Waals surface area (Å²) < 4.78 is 27.2. The Hall–Kier alpha value is -1.81. The van der Waals surface area contributed by atoms with Crippen molar-refractivity contribution in [1.82, 2.24) is 0 Å². The van der Waals surface area contributed by atoms with Crippen LogP contribution in [0, 0.1) is 13.8 Å². The molecule has 2 aromatic carbocycles. The molecule has 0 heterocycles. The second kappa shape index (κ2) is 5.67. The van der Waals surface area contributed by atoms with Crippen LogP contribution >= 0.6 is 0 Å². The summed E-state index contributed by atoms with van der Waals surface area (Å²) in [6.45, 7) is 5.99. The minimum absolute atomic E-state index is 0.366. The fraction of sp³-hybridized carbons (Fsp3) is 0.250. The molecule has 0 aliphatic heterocycles. The lowest BCUT2D eigenvalue weighted by atomic mass is 10.2. The van der Waals surface area contributed by atoms with E-state index in [0.717, 1.165) is 16.8 Å². The van der Waals surface area contributed by atoms with E-state index in [1.54, 1.807) is 12.1 Å². The van der Waals surface area contributed by atoms with Crippen molar-refractivity contribution < 1.29 is 8.42 Å². The fourth-order valence-electron chi connectivity index (χ4n) is 2.28. The summed E-state index contributed by atoms with van der Waals surface area (Å²) in [7, 11) is -3.52. The lowest BCUT2D eigenvalue weighted by Crippen LogP contribution is -2.31. The molecule has 0 amide bonds. The molecular weight excluding hydrogens is 270 g/mol. The highest BCUT2D eigenvalue weighted by Gasteiger charge is 2.25. The van der Waals surface area contributed by atoms with Crippen LogP contribution in [-0.4, -0.2) is 15.0 Å². The summed E-state index contributed by atoms with van der Waals surface area (Å²) in [5.74, 6) is 0. The first-order chi connectivity index (χ1) is 9.48. The van der Waals surface area contributed by atoms with Crippen molar-refractivity contribution in [1.29, 1.82) is 0 Å². The molecule has 3 nitrogen and oxygen atoms in total. The van der Waals surface area contributed by atoms with Crippen molar-refractivity contribution in [2.45, 2.75) is 25.7 Å². The van der Waals surface area contributed by atoms with Gasteiger partial charge in [-0.3, -0.25) is 4.31 Å². The first-order valence-corrected chi connectivity index (χ1v) is 8.06. The van der Waals surface area contributed by atoms with Crippen LogP contribution in [0.5, 0.6) is 0 Å². The molecule has 0 unspecified atom stereocenters. The molecule has 106 valence electrons. The van der Waals surface area contributed by atoms with Gasteiger partial charge in [-0.05, 0) is 44.0 Å². The predicted octanol–water partition coefficient (Wildman–Crippen LogP) is 3.52. The fourth-order valence-corrected chi connectivity index (χ4v) is 4.04. The Morgan fingerprint density at radius 1 is 0.900 bits per heavy atom. The zero-order valence-corrected chi connectivity index (χ0v) is 12.8. The highest BCUT2D eigenvalue weighted by molar-refractivity contribution is 7.92. The molecule has 0 atom stereocenters. The largest absolute Gasteiger partial charge is 0.266 e. The van der Waals surface area contributed by atoms with E-state index in [1.165, 1.54) is 4.31 Å². The maximum Gasteiger partial charge on any atom is 0.264 e. The topological polar surface area (TPSA) is 37.4 Å². The molecule has 0 fully saturated rings. The zero-order valence-electron chi connectivity index (χ0n) is 12.0. The van der Waals surface area contributed by atoms with Crippen LogP contribution in [0.25, 0.3) is 0 Å². The Morgan fingerprint density at radius 2 is 1.45 bits per heavy atom. The monoisotopic (exact) mass is 289 g/mol. The van der Waals surface area contributed by atoms with E-state index in [9.17, 15) is 8.42 Å². The van der Waals surface area contributed by atoms with E-state index in [0.29, 0.717) is 11.4 Å². The van der Waals surface area contributed by atoms with Gasteiger partial charge in [0.15, 0.2) is 0 Å². The number of para-hydroxylation sites is 1. The normalized spacial score (nSPS) is 11.3. The Balaban J connectivity index is 2.58. The van der Waals surface area contributed by atoms with Crippen molar-refractivity contribution in [3.05, 3.63) is 59.7 Å². The van der Waals surface area contributed by atoms with Gasteiger partial charge in [0.05, 0.1) is 10.6 Å². The van der Waals surface area contributed by atoms with Crippen LogP contribution in [-0.2, 0) is 10.0 Å². The summed E-state index contributed by atoms with van der Waals surface area (Å²) >= 11 is 0. The van der Waals surface area contributed by atoms with Crippen LogP contribution in [0.1, 0.15) is 18.1 Å². The third-order valence-electron chi connectivity index (χ3n) is 3.33. The third kappa shape index (κ3) is 2.56. The minimum Gasteiger partial charge on any atom is -0.266 e. The molecule has 0 spiro atoms. The van der Waals surface area contributed by atoms with E-state index in [1.807, 2.05) is 57.2 Å². The van der Waals surface area contributed by atoms with Gasteiger partial charge < -0.3 is 0 Å². The number of hydrogen-bond acceptors (Lipinski definition) is 2. The van der Waals surface area contributed by atoms with Crippen LogP contribution < -0.4 is 4.31 Å². The highest BCUT2D eigenvalue weighted by atomic mass is 32.2. The van der Waals surface area contributed by atoms with Gasteiger partial charge in [-0.25, -0.2) is 8.42 Å². The van der Waals surface area contributed by atoms with Crippen LogP contribution in [0.15, 0.2) is 53.4 Å². The molecule has 0 saturated heterocycles. The Labute approximate surface area is 120 Å². The summed E-state index contributed by atoms with van der Waals surface area (Å²) in [6, 6.07) is 14.6. The number of hydrogen-bond donors (Lipinski definition) is 0. The average molecular weight is 289 g/mol. The highest BCUT2D eigenvalue weighted by Crippen LogP contribution is 2.27. The van der Waals surface area contributed by atoms with Gasteiger partial charge in [-0.15, -0.1) is 0 Å². The quantitative estimate of drug-likeness (QED) is 0.863. The maximum absolute atomic E-state index is 12.9.